The summed E-state index contributed by atoms with van der Waals surface area (Å²) in [6.45, 7) is 7.45. The van der Waals surface area contributed by atoms with Crippen molar-refractivity contribution in [3.05, 3.63) is 24.3 Å². The average Bonchev–Trinajstić information content (AvgIpc) is 2.41. The van der Waals surface area contributed by atoms with Crippen molar-refractivity contribution in [1.82, 2.24) is 0 Å². The molecule has 0 N–H and O–H groups in total. The Bertz CT molecular complexity index is 283. The maximum atomic E-state index is 5.57. The highest BCUT2D eigenvalue weighted by molar-refractivity contribution is 5.38. The van der Waals surface area contributed by atoms with Crippen LogP contribution in [0.1, 0.15) is 13.8 Å². The summed E-state index contributed by atoms with van der Waals surface area (Å²) >= 11 is 0. The normalized spacial score (nSPS) is 10.3. The standard InChI is InChI=1S/C14H21O4/c1-3-15-9-11-17-13-7-5-6-8-14(13)18-12-10-16-4-2/h5-7H,3-4,9-12H2,1-2H3. The Morgan fingerprint density at radius 3 is 2.28 bits per heavy atom. The predicted molar refractivity (Wildman–Crippen MR) is 69.3 cm³/mol. The summed E-state index contributed by atoms with van der Waals surface area (Å²) in [6.07, 6.45) is 0. The first kappa shape index (κ1) is 14.8. The van der Waals surface area contributed by atoms with Crippen molar-refractivity contribution in [3.63, 3.8) is 0 Å². The maximum Gasteiger partial charge on any atom is 0.169 e. The van der Waals surface area contributed by atoms with Crippen LogP contribution in [-0.2, 0) is 9.47 Å². The van der Waals surface area contributed by atoms with Crippen molar-refractivity contribution < 1.29 is 18.9 Å². The number of hydrogen-bond acceptors (Lipinski definition) is 4. The summed E-state index contributed by atoms with van der Waals surface area (Å²) in [4.78, 5) is 0. The van der Waals surface area contributed by atoms with E-state index in [1.807, 2.05) is 26.0 Å². The zero-order chi connectivity index (χ0) is 13.1. The van der Waals surface area contributed by atoms with E-state index < -0.39 is 0 Å². The molecule has 0 aliphatic heterocycles. The fourth-order valence-electron chi connectivity index (χ4n) is 1.33. The second-order valence-electron chi connectivity index (χ2n) is 3.45. The molecular weight excluding hydrogens is 232 g/mol. The van der Waals surface area contributed by atoms with E-state index in [0.29, 0.717) is 51.1 Å². The molecule has 0 aromatic heterocycles. The van der Waals surface area contributed by atoms with Crippen molar-refractivity contribution in [1.29, 1.82) is 0 Å². The molecular formula is C14H21O4. The first-order chi connectivity index (χ1) is 8.88. The van der Waals surface area contributed by atoms with E-state index >= 15 is 0 Å². The van der Waals surface area contributed by atoms with Gasteiger partial charge in [-0.15, -0.1) is 0 Å². The average molecular weight is 253 g/mol. The topological polar surface area (TPSA) is 36.9 Å². The summed E-state index contributed by atoms with van der Waals surface area (Å²) in [5, 5.41) is 0. The molecule has 0 amide bonds. The van der Waals surface area contributed by atoms with Crippen LogP contribution in [0.15, 0.2) is 18.2 Å². The molecule has 0 atom stereocenters. The first-order valence-corrected chi connectivity index (χ1v) is 6.30. The maximum absolute atomic E-state index is 5.57. The highest BCUT2D eigenvalue weighted by Crippen LogP contribution is 2.25. The molecule has 1 rings (SSSR count). The van der Waals surface area contributed by atoms with Crippen LogP contribution in [0.4, 0.5) is 0 Å². The van der Waals surface area contributed by atoms with Crippen LogP contribution in [0.3, 0.4) is 0 Å². The third-order valence-corrected chi connectivity index (χ3v) is 2.15. The fraction of sp³-hybridized carbons (Fsp3) is 0.571. The number of para-hydroxylation sites is 1. The number of hydrogen-bond donors (Lipinski definition) is 0. The largest absolute Gasteiger partial charge is 0.487 e. The van der Waals surface area contributed by atoms with Crippen LogP contribution in [0.5, 0.6) is 11.5 Å². The molecule has 101 valence electrons. The van der Waals surface area contributed by atoms with E-state index in [0.717, 1.165) is 0 Å². The van der Waals surface area contributed by atoms with Crippen LogP contribution in [0.25, 0.3) is 0 Å². The van der Waals surface area contributed by atoms with Gasteiger partial charge in [0.05, 0.1) is 13.2 Å². The minimum Gasteiger partial charge on any atom is -0.487 e. The molecule has 4 heteroatoms. The monoisotopic (exact) mass is 253 g/mol. The van der Waals surface area contributed by atoms with E-state index in [1.165, 1.54) is 0 Å². The third-order valence-electron chi connectivity index (χ3n) is 2.15. The van der Waals surface area contributed by atoms with Crippen molar-refractivity contribution in [2.75, 3.05) is 39.6 Å². The van der Waals surface area contributed by atoms with E-state index in [4.69, 9.17) is 18.9 Å². The van der Waals surface area contributed by atoms with E-state index in [2.05, 4.69) is 6.07 Å². The third kappa shape index (κ3) is 5.89. The van der Waals surface area contributed by atoms with E-state index in [-0.39, 0.29) is 0 Å². The Morgan fingerprint density at radius 2 is 1.61 bits per heavy atom. The van der Waals surface area contributed by atoms with Gasteiger partial charge in [-0.1, -0.05) is 12.1 Å². The lowest BCUT2D eigenvalue weighted by Crippen LogP contribution is -2.09. The van der Waals surface area contributed by atoms with E-state index in [1.54, 1.807) is 6.07 Å². The first-order valence-electron chi connectivity index (χ1n) is 6.30. The molecule has 0 aliphatic carbocycles. The van der Waals surface area contributed by atoms with Gasteiger partial charge in [0.1, 0.15) is 13.2 Å². The van der Waals surface area contributed by atoms with Crippen LogP contribution >= 0.6 is 0 Å². The van der Waals surface area contributed by atoms with Crippen LogP contribution in [0.2, 0.25) is 0 Å². The van der Waals surface area contributed by atoms with Crippen LogP contribution < -0.4 is 9.47 Å². The zero-order valence-electron chi connectivity index (χ0n) is 11.1. The Hall–Kier alpha value is -1.26. The molecule has 0 fully saturated rings. The molecule has 1 aromatic carbocycles. The van der Waals surface area contributed by atoms with Gasteiger partial charge in [0, 0.05) is 19.3 Å². The van der Waals surface area contributed by atoms with Gasteiger partial charge in [-0.2, -0.15) is 0 Å². The SMILES string of the molecule is CCOCCOc1[c]cccc1OCCOCC. The smallest absolute Gasteiger partial charge is 0.169 e. The van der Waals surface area contributed by atoms with Crippen molar-refractivity contribution in [2.45, 2.75) is 13.8 Å². The molecule has 0 heterocycles. The van der Waals surface area contributed by atoms with Crippen LogP contribution in [0, 0.1) is 6.07 Å². The summed E-state index contributed by atoms with van der Waals surface area (Å²) in [7, 11) is 0. The fourth-order valence-corrected chi connectivity index (χ4v) is 1.33. The highest BCUT2D eigenvalue weighted by atomic mass is 16.6. The molecule has 1 radical (unpaired) electrons. The quantitative estimate of drug-likeness (QED) is 0.600. The van der Waals surface area contributed by atoms with E-state index in [9.17, 15) is 0 Å². The van der Waals surface area contributed by atoms with Crippen LogP contribution in [-0.4, -0.2) is 39.6 Å². The molecule has 0 aliphatic rings. The summed E-state index contributed by atoms with van der Waals surface area (Å²) in [5.74, 6) is 1.31. The van der Waals surface area contributed by atoms with Gasteiger partial charge in [0.15, 0.2) is 11.5 Å². The number of rotatable bonds is 10. The van der Waals surface area contributed by atoms with Gasteiger partial charge in [-0.05, 0) is 19.9 Å². The second-order valence-corrected chi connectivity index (χ2v) is 3.45. The summed E-state index contributed by atoms with van der Waals surface area (Å²) in [5.41, 5.74) is 0. The molecule has 4 nitrogen and oxygen atoms in total. The lowest BCUT2D eigenvalue weighted by atomic mass is 10.3. The van der Waals surface area contributed by atoms with Crippen molar-refractivity contribution in [3.8, 4) is 11.5 Å². The van der Waals surface area contributed by atoms with Crippen molar-refractivity contribution >= 4 is 0 Å². The summed E-state index contributed by atoms with van der Waals surface area (Å²) < 4.78 is 21.5. The molecule has 0 bridgehead atoms. The predicted octanol–water partition coefficient (Wildman–Crippen LogP) is 2.32. The second kappa shape index (κ2) is 9.74. The number of benzene rings is 1. The lowest BCUT2D eigenvalue weighted by Gasteiger charge is -2.12. The zero-order valence-corrected chi connectivity index (χ0v) is 11.1. The summed E-state index contributed by atoms with van der Waals surface area (Å²) in [6, 6.07) is 8.53. The van der Waals surface area contributed by atoms with Gasteiger partial charge in [-0.25, -0.2) is 0 Å². The molecule has 0 unspecified atom stereocenters. The van der Waals surface area contributed by atoms with Crippen molar-refractivity contribution in [2.24, 2.45) is 0 Å². The molecule has 1 aromatic rings. The highest BCUT2D eigenvalue weighted by Gasteiger charge is 2.04. The Labute approximate surface area is 109 Å². The van der Waals surface area contributed by atoms with Gasteiger partial charge < -0.3 is 18.9 Å². The van der Waals surface area contributed by atoms with Gasteiger partial charge in [-0.3, -0.25) is 0 Å². The Morgan fingerprint density at radius 1 is 0.944 bits per heavy atom. The molecule has 0 spiro atoms. The molecule has 0 saturated carbocycles. The number of ether oxygens (including phenoxy) is 4. The minimum absolute atomic E-state index is 0.496. The van der Waals surface area contributed by atoms with Gasteiger partial charge in [0.25, 0.3) is 0 Å². The van der Waals surface area contributed by atoms with Gasteiger partial charge in [0.2, 0.25) is 0 Å². The lowest BCUT2D eigenvalue weighted by molar-refractivity contribution is 0.0998. The molecule has 0 saturated heterocycles. The Kier molecular flexibility index (Phi) is 8.01. The van der Waals surface area contributed by atoms with Gasteiger partial charge >= 0.3 is 0 Å². The minimum atomic E-state index is 0.496. The Balaban J connectivity index is 2.36. The molecule has 18 heavy (non-hydrogen) atoms.